The number of hydrogen-bond donors (Lipinski definition) is 0. The Hall–Kier alpha value is -3.21. The van der Waals surface area contributed by atoms with Gasteiger partial charge in [-0.25, -0.2) is 0 Å². The van der Waals surface area contributed by atoms with E-state index >= 15 is 0 Å². The molecule has 5 heteroatoms. The molecule has 0 aliphatic heterocycles. The zero-order chi connectivity index (χ0) is 35.0. The summed E-state index contributed by atoms with van der Waals surface area (Å²) in [5, 5.41) is 0. The van der Waals surface area contributed by atoms with Gasteiger partial charge in [0.05, 0.1) is 5.41 Å². The maximum absolute atomic E-state index is 14.4. The second kappa shape index (κ2) is 11.9. The molecule has 2 aromatic rings. The molecule has 5 saturated carbocycles. The van der Waals surface area contributed by atoms with Crippen LogP contribution >= 0.6 is 0 Å². The van der Waals surface area contributed by atoms with E-state index in [-0.39, 0.29) is 58.8 Å². The minimum atomic E-state index is -0.772. The molecule has 0 N–H and O–H groups in total. The Morgan fingerprint density at radius 2 is 1.35 bits per heavy atom. The van der Waals surface area contributed by atoms with E-state index in [4.69, 9.17) is 9.47 Å². The van der Waals surface area contributed by atoms with E-state index in [1.54, 1.807) is 0 Å². The maximum atomic E-state index is 14.4. The Balaban J connectivity index is 1.22. The van der Waals surface area contributed by atoms with Crippen molar-refractivity contribution in [2.75, 3.05) is 0 Å². The van der Waals surface area contributed by atoms with Gasteiger partial charge in [-0.2, -0.15) is 0 Å². The summed E-state index contributed by atoms with van der Waals surface area (Å²) in [4.78, 5) is 42.9. The van der Waals surface area contributed by atoms with Gasteiger partial charge < -0.3 is 9.47 Å². The molecular formula is C44H56O5. The molecule has 5 aliphatic carbocycles. The number of carbonyl (C=O) groups excluding carboxylic acids is 3. The molecule has 49 heavy (non-hydrogen) atoms. The molecule has 5 fully saturated rings. The van der Waals surface area contributed by atoms with Gasteiger partial charge in [0.25, 0.3) is 0 Å². The van der Waals surface area contributed by atoms with Crippen LogP contribution in [0.2, 0.25) is 0 Å². The van der Waals surface area contributed by atoms with E-state index in [9.17, 15) is 14.4 Å². The first-order valence-corrected chi connectivity index (χ1v) is 18.8. The van der Waals surface area contributed by atoms with Gasteiger partial charge in [0.1, 0.15) is 19.1 Å². The lowest BCUT2D eigenvalue weighted by Crippen LogP contribution is -2.65. The van der Waals surface area contributed by atoms with Gasteiger partial charge in [-0.15, -0.1) is 0 Å². The molecule has 0 saturated heterocycles. The normalized spacial score (nSPS) is 40.3. The Labute approximate surface area is 293 Å². The molecule has 0 unspecified atom stereocenters. The largest absolute Gasteiger partial charge is 0.460 e. The van der Waals surface area contributed by atoms with Crippen molar-refractivity contribution in [2.45, 2.75) is 106 Å². The van der Waals surface area contributed by atoms with E-state index in [1.165, 1.54) is 5.57 Å². The number of allylic oxidation sites excluding steroid dienone is 1. The summed E-state index contributed by atoms with van der Waals surface area (Å²) in [6.07, 6.45) is 7.49. The summed E-state index contributed by atoms with van der Waals surface area (Å²) in [5.41, 5.74) is 1.39. The number of hydrogen-bond acceptors (Lipinski definition) is 5. The molecule has 5 nitrogen and oxygen atoms in total. The number of esters is 2. The topological polar surface area (TPSA) is 69.7 Å². The van der Waals surface area contributed by atoms with Crippen molar-refractivity contribution in [3.05, 3.63) is 83.9 Å². The number of rotatable bonds is 7. The summed E-state index contributed by atoms with van der Waals surface area (Å²) in [6, 6.07) is 19.8. The first-order valence-electron chi connectivity index (χ1n) is 18.8. The molecule has 0 bridgehead atoms. The van der Waals surface area contributed by atoms with E-state index in [1.807, 2.05) is 60.7 Å². The molecule has 0 aromatic heterocycles. The van der Waals surface area contributed by atoms with E-state index in [0.29, 0.717) is 12.5 Å². The third kappa shape index (κ3) is 4.87. The molecule has 0 heterocycles. The average Bonchev–Trinajstić information content (AvgIpc) is 3.55. The Bertz CT molecular complexity index is 1630. The van der Waals surface area contributed by atoms with Crippen LogP contribution in [0.4, 0.5) is 0 Å². The smallest absolute Gasteiger partial charge is 0.317 e. The number of fused-ring (bicyclic) bond motifs is 7. The van der Waals surface area contributed by atoms with Crippen LogP contribution in [0.15, 0.2) is 72.8 Å². The highest BCUT2D eigenvalue weighted by molar-refractivity contribution is 6.05. The van der Waals surface area contributed by atoms with Crippen molar-refractivity contribution in [2.24, 2.45) is 62.6 Å². The fourth-order valence-electron chi connectivity index (χ4n) is 13.2. The number of carbonyl (C=O) groups is 3. The van der Waals surface area contributed by atoms with E-state index in [0.717, 1.165) is 62.5 Å². The van der Waals surface area contributed by atoms with Crippen LogP contribution < -0.4 is 0 Å². The Kier molecular flexibility index (Phi) is 8.35. The average molecular weight is 665 g/mol. The Morgan fingerprint density at radius 1 is 0.735 bits per heavy atom. The van der Waals surface area contributed by atoms with Gasteiger partial charge in [0.15, 0.2) is 5.78 Å². The predicted octanol–water partition coefficient (Wildman–Crippen LogP) is 9.54. The van der Waals surface area contributed by atoms with Crippen LogP contribution in [0.25, 0.3) is 0 Å². The minimum Gasteiger partial charge on any atom is -0.460 e. The van der Waals surface area contributed by atoms with Crippen molar-refractivity contribution in [3.8, 4) is 0 Å². The molecule has 262 valence electrons. The monoisotopic (exact) mass is 664 g/mol. The molecular weight excluding hydrogens is 608 g/mol. The molecule has 0 spiro atoms. The molecule has 0 radical (unpaired) electrons. The number of Topliss-reactive ketones (excluding diaryl/α,β-unsaturated/α-hetero) is 1. The van der Waals surface area contributed by atoms with Crippen LogP contribution in [-0.2, 0) is 37.1 Å². The van der Waals surface area contributed by atoms with Gasteiger partial charge >= 0.3 is 11.9 Å². The number of ketones is 1. The third-order valence-electron chi connectivity index (χ3n) is 15.7. The summed E-state index contributed by atoms with van der Waals surface area (Å²) < 4.78 is 12.2. The minimum absolute atomic E-state index is 0.0283. The highest BCUT2D eigenvalue weighted by Gasteiger charge is 2.76. The van der Waals surface area contributed by atoms with Crippen LogP contribution in [0.1, 0.15) is 104 Å². The van der Waals surface area contributed by atoms with Crippen molar-refractivity contribution in [1.82, 2.24) is 0 Å². The van der Waals surface area contributed by atoms with Crippen molar-refractivity contribution in [3.63, 3.8) is 0 Å². The van der Waals surface area contributed by atoms with Gasteiger partial charge in [-0.1, -0.05) is 107 Å². The highest BCUT2D eigenvalue weighted by Crippen LogP contribution is 2.78. The Morgan fingerprint density at radius 3 is 1.96 bits per heavy atom. The molecule has 0 amide bonds. The zero-order valence-corrected chi connectivity index (χ0v) is 30.6. The standard InChI is InChI=1S/C44H56O5/c1-28(2)31-20-23-44(39(47)49-27-30-16-12-9-13-17-30)25-24-41(5)32(35(31)44)18-19-34-42(41,6)22-21-33-40(3,4)37(45)36(43(33,34)7)38(46)48-26-29-14-10-8-11-15-29/h8-17,31-36H,1,18-27H2,2-7H3/t31-,32+,33-,34-,35+,36+,41+,42+,43-,44-/m0/s1. The lowest BCUT2D eigenvalue weighted by Gasteiger charge is -2.70. The number of benzene rings is 2. The summed E-state index contributed by atoms with van der Waals surface area (Å²) in [7, 11) is 0. The highest BCUT2D eigenvalue weighted by atomic mass is 16.5. The fraction of sp³-hybridized carbons (Fsp3) is 0.614. The SMILES string of the molecule is C=C(C)[C@@H]1CC[C@]2(C(=O)OCc3ccccc3)CC[C@]3(C)[C@H](CC[C@@H]4[C@@]5(C)[C@@H](C(=O)OCc6ccccc6)C(=O)C(C)(C)[C@@H]5CC[C@]43C)[C@@H]12. The van der Waals surface area contributed by atoms with Gasteiger partial charge in [0.2, 0.25) is 0 Å². The quantitative estimate of drug-likeness (QED) is 0.168. The summed E-state index contributed by atoms with van der Waals surface area (Å²) in [5.74, 6) is 0.0160. The molecule has 7 rings (SSSR count). The van der Waals surface area contributed by atoms with Crippen LogP contribution in [0.3, 0.4) is 0 Å². The van der Waals surface area contributed by atoms with Crippen molar-refractivity contribution < 1.29 is 23.9 Å². The van der Waals surface area contributed by atoms with Gasteiger partial charge in [-0.05, 0) is 115 Å². The first kappa shape index (κ1) is 34.2. The van der Waals surface area contributed by atoms with Crippen molar-refractivity contribution in [1.29, 1.82) is 0 Å². The van der Waals surface area contributed by atoms with Gasteiger partial charge in [-0.3, -0.25) is 14.4 Å². The van der Waals surface area contributed by atoms with Crippen molar-refractivity contribution >= 4 is 17.7 Å². The maximum Gasteiger partial charge on any atom is 0.317 e. The second-order valence-corrected chi connectivity index (χ2v) is 17.9. The second-order valence-electron chi connectivity index (χ2n) is 17.9. The van der Waals surface area contributed by atoms with Crippen LogP contribution in [-0.4, -0.2) is 17.7 Å². The first-order chi connectivity index (χ1) is 23.2. The molecule has 2 aromatic carbocycles. The zero-order valence-electron chi connectivity index (χ0n) is 30.6. The fourth-order valence-corrected chi connectivity index (χ4v) is 13.2. The molecule has 10 atom stereocenters. The van der Waals surface area contributed by atoms with Crippen LogP contribution in [0, 0.1) is 62.6 Å². The van der Waals surface area contributed by atoms with E-state index < -0.39 is 22.2 Å². The van der Waals surface area contributed by atoms with Gasteiger partial charge in [0, 0.05) is 5.41 Å². The number of ether oxygens (including phenoxy) is 2. The van der Waals surface area contributed by atoms with Crippen LogP contribution in [0.5, 0.6) is 0 Å². The predicted molar refractivity (Wildman–Crippen MR) is 191 cm³/mol. The third-order valence-corrected chi connectivity index (χ3v) is 15.7. The molecule has 5 aliphatic rings. The lowest BCUT2D eigenvalue weighted by molar-refractivity contribution is -0.230. The van der Waals surface area contributed by atoms with E-state index in [2.05, 4.69) is 48.1 Å². The summed E-state index contributed by atoms with van der Waals surface area (Å²) in [6.45, 7) is 18.5. The lowest BCUT2D eigenvalue weighted by atomic mass is 9.34. The summed E-state index contributed by atoms with van der Waals surface area (Å²) >= 11 is 0.